The number of hydrogen-bond donors (Lipinski definition) is 2. The first-order valence-corrected chi connectivity index (χ1v) is 7.63. The summed E-state index contributed by atoms with van der Waals surface area (Å²) in [5, 5.41) is 20.2. The summed E-state index contributed by atoms with van der Waals surface area (Å²) >= 11 is 5.97. The average molecular weight is 312 g/mol. The highest BCUT2D eigenvalue weighted by atomic mass is 35.5. The van der Waals surface area contributed by atoms with Gasteiger partial charge in [0.05, 0.1) is 16.7 Å². The van der Waals surface area contributed by atoms with Gasteiger partial charge in [-0.1, -0.05) is 42.1 Å². The van der Waals surface area contributed by atoms with Crippen LogP contribution in [0.3, 0.4) is 0 Å². The van der Waals surface area contributed by atoms with E-state index in [0.717, 1.165) is 37.0 Å². The summed E-state index contributed by atoms with van der Waals surface area (Å²) in [6.07, 6.45) is 6.60. The molecule has 1 atom stereocenters. The fraction of sp³-hybridized carbons (Fsp3) is 0.500. The fourth-order valence-corrected chi connectivity index (χ4v) is 2.42. The van der Waals surface area contributed by atoms with Crippen molar-refractivity contribution in [2.75, 3.05) is 0 Å². The van der Waals surface area contributed by atoms with Crippen LogP contribution in [0.15, 0.2) is 29.4 Å². The minimum absolute atomic E-state index is 0.0275. The molecule has 0 spiro atoms. The molecule has 0 saturated heterocycles. The van der Waals surface area contributed by atoms with Crippen LogP contribution in [0.1, 0.15) is 54.4 Å². The van der Waals surface area contributed by atoms with Gasteiger partial charge in [0, 0.05) is 0 Å². The maximum absolute atomic E-state index is 10.3. The van der Waals surface area contributed by atoms with Crippen molar-refractivity contribution in [2.45, 2.75) is 50.8 Å². The molecule has 1 saturated carbocycles. The van der Waals surface area contributed by atoms with E-state index in [2.05, 4.69) is 5.16 Å². The number of rotatable bonds is 1. The molecular weight excluding hydrogens is 290 g/mol. The predicted octanol–water partition coefficient (Wildman–Crippen LogP) is 4.47. The molecule has 0 radical (unpaired) electrons. The molecule has 0 aliphatic heterocycles. The molecule has 1 aromatic carbocycles. The molecule has 0 aromatic heterocycles. The van der Waals surface area contributed by atoms with Crippen LogP contribution in [-0.4, -0.2) is 27.4 Å². The van der Waals surface area contributed by atoms with Crippen molar-refractivity contribution in [1.29, 1.82) is 0 Å². The van der Waals surface area contributed by atoms with E-state index in [0.29, 0.717) is 5.56 Å². The molecule has 0 heterocycles. The standard InChI is InChI=1S/C8H14ClNO.C8H8O2/c9-7-5-3-1-2-4-6-8(7)10-11;1-6-2-4-7(5-3-6)8(9)10/h7,11H,1-6H2;2-5H,1H3,(H,9,10). The van der Waals surface area contributed by atoms with Gasteiger partial charge in [0.25, 0.3) is 0 Å². The molecule has 1 aliphatic carbocycles. The Morgan fingerprint density at radius 2 is 1.81 bits per heavy atom. The molecule has 1 aliphatic rings. The van der Waals surface area contributed by atoms with E-state index >= 15 is 0 Å². The summed E-state index contributed by atoms with van der Waals surface area (Å²) < 4.78 is 0. The van der Waals surface area contributed by atoms with Gasteiger partial charge in [-0.2, -0.15) is 0 Å². The maximum atomic E-state index is 10.3. The normalized spacial score (nSPS) is 20.9. The van der Waals surface area contributed by atoms with Gasteiger partial charge in [0.2, 0.25) is 0 Å². The van der Waals surface area contributed by atoms with Gasteiger partial charge < -0.3 is 10.3 Å². The lowest BCUT2D eigenvalue weighted by molar-refractivity contribution is 0.0697. The van der Waals surface area contributed by atoms with Gasteiger partial charge in [-0.05, 0) is 38.3 Å². The highest BCUT2D eigenvalue weighted by Gasteiger charge is 2.15. The van der Waals surface area contributed by atoms with Crippen LogP contribution in [0.25, 0.3) is 0 Å². The Kier molecular flexibility index (Phi) is 7.83. The van der Waals surface area contributed by atoms with Crippen LogP contribution in [-0.2, 0) is 0 Å². The number of benzene rings is 1. The van der Waals surface area contributed by atoms with Crippen LogP contribution in [0.2, 0.25) is 0 Å². The average Bonchev–Trinajstić information content (AvgIpc) is 2.45. The van der Waals surface area contributed by atoms with Gasteiger partial charge in [0.15, 0.2) is 0 Å². The van der Waals surface area contributed by atoms with Gasteiger partial charge in [-0.3, -0.25) is 0 Å². The summed E-state index contributed by atoms with van der Waals surface area (Å²) in [5.74, 6) is -0.875. The van der Waals surface area contributed by atoms with E-state index in [1.54, 1.807) is 24.3 Å². The van der Waals surface area contributed by atoms with Crippen LogP contribution < -0.4 is 0 Å². The van der Waals surface area contributed by atoms with Crippen molar-refractivity contribution in [3.05, 3.63) is 35.4 Å². The molecular formula is C16H22ClNO3. The summed E-state index contributed by atoms with van der Waals surface area (Å²) in [6.45, 7) is 1.92. The van der Waals surface area contributed by atoms with Crippen LogP contribution >= 0.6 is 11.6 Å². The van der Waals surface area contributed by atoms with Gasteiger partial charge >= 0.3 is 5.97 Å². The number of halogens is 1. The zero-order chi connectivity index (χ0) is 15.7. The summed E-state index contributed by atoms with van der Waals surface area (Å²) in [6, 6.07) is 6.75. The summed E-state index contributed by atoms with van der Waals surface area (Å²) in [7, 11) is 0. The lowest BCUT2D eigenvalue weighted by atomic mass is 9.99. The number of oxime groups is 1. The molecule has 21 heavy (non-hydrogen) atoms. The second kappa shape index (κ2) is 9.40. The Balaban J connectivity index is 0.000000211. The molecule has 1 unspecified atom stereocenters. The highest BCUT2D eigenvalue weighted by molar-refractivity contribution is 6.32. The van der Waals surface area contributed by atoms with Crippen LogP contribution in [0, 0.1) is 6.92 Å². The number of aryl methyl sites for hydroxylation is 1. The second-order valence-electron chi connectivity index (χ2n) is 5.18. The molecule has 0 bridgehead atoms. The second-order valence-corrected chi connectivity index (χ2v) is 5.71. The quantitative estimate of drug-likeness (QED) is 0.456. The Hall–Kier alpha value is -1.55. The Bertz CT molecular complexity index is 471. The van der Waals surface area contributed by atoms with Crippen molar-refractivity contribution in [3.8, 4) is 0 Å². The Morgan fingerprint density at radius 1 is 1.19 bits per heavy atom. The van der Waals surface area contributed by atoms with E-state index in [-0.39, 0.29) is 5.38 Å². The van der Waals surface area contributed by atoms with E-state index < -0.39 is 5.97 Å². The lowest BCUT2D eigenvalue weighted by Gasteiger charge is -2.14. The van der Waals surface area contributed by atoms with Crippen molar-refractivity contribution >= 4 is 23.3 Å². The maximum Gasteiger partial charge on any atom is 0.335 e. The first kappa shape index (κ1) is 17.5. The van der Waals surface area contributed by atoms with Crippen molar-refractivity contribution in [3.63, 3.8) is 0 Å². The topological polar surface area (TPSA) is 69.9 Å². The number of nitrogens with zero attached hydrogens (tertiary/aromatic N) is 1. The number of aromatic carboxylic acids is 1. The number of alkyl halides is 1. The largest absolute Gasteiger partial charge is 0.478 e. The minimum Gasteiger partial charge on any atom is -0.478 e. The molecule has 2 rings (SSSR count). The van der Waals surface area contributed by atoms with Crippen LogP contribution in [0.4, 0.5) is 0 Å². The molecule has 5 heteroatoms. The van der Waals surface area contributed by atoms with E-state index in [9.17, 15) is 4.79 Å². The highest BCUT2D eigenvalue weighted by Crippen LogP contribution is 2.19. The molecule has 0 amide bonds. The smallest absolute Gasteiger partial charge is 0.335 e. The summed E-state index contributed by atoms with van der Waals surface area (Å²) in [4.78, 5) is 10.3. The molecule has 4 nitrogen and oxygen atoms in total. The van der Waals surface area contributed by atoms with Gasteiger partial charge in [0.1, 0.15) is 0 Å². The van der Waals surface area contributed by atoms with E-state index in [1.165, 1.54) is 12.8 Å². The Morgan fingerprint density at radius 3 is 2.38 bits per heavy atom. The molecule has 1 aromatic rings. The third kappa shape index (κ3) is 6.63. The number of carboxylic acids is 1. The predicted molar refractivity (Wildman–Crippen MR) is 84.7 cm³/mol. The van der Waals surface area contributed by atoms with Gasteiger partial charge in [-0.15, -0.1) is 11.6 Å². The van der Waals surface area contributed by atoms with E-state index in [1.807, 2.05) is 6.92 Å². The number of hydrogen-bond acceptors (Lipinski definition) is 3. The molecule has 2 N–H and O–H groups in total. The first-order valence-electron chi connectivity index (χ1n) is 7.19. The third-order valence-electron chi connectivity index (χ3n) is 3.43. The monoisotopic (exact) mass is 311 g/mol. The fourth-order valence-electron chi connectivity index (χ4n) is 2.12. The van der Waals surface area contributed by atoms with Crippen molar-refractivity contribution in [2.24, 2.45) is 5.16 Å². The minimum atomic E-state index is -0.875. The first-order chi connectivity index (χ1) is 10.0. The van der Waals surface area contributed by atoms with Gasteiger partial charge in [-0.25, -0.2) is 4.79 Å². The number of carbonyl (C=O) groups is 1. The van der Waals surface area contributed by atoms with Crippen LogP contribution in [0.5, 0.6) is 0 Å². The zero-order valence-electron chi connectivity index (χ0n) is 12.3. The molecule has 1 fully saturated rings. The van der Waals surface area contributed by atoms with Crippen molar-refractivity contribution < 1.29 is 15.1 Å². The van der Waals surface area contributed by atoms with Crippen molar-refractivity contribution in [1.82, 2.24) is 0 Å². The third-order valence-corrected chi connectivity index (χ3v) is 3.90. The molecule has 116 valence electrons. The SMILES string of the molecule is Cc1ccc(C(=O)O)cc1.ON=C1CCCCCCC1Cl. The van der Waals surface area contributed by atoms with E-state index in [4.69, 9.17) is 21.9 Å². The zero-order valence-corrected chi connectivity index (χ0v) is 13.0. The number of carboxylic acid groups (broad SMARTS) is 1. The Labute approximate surface area is 130 Å². The lowest BCUT2D eigenvalue weighted by Crippen LogP contribution is -2.16. The summed E-state index contributed by atoms with van der Waals surface area (Å²) in [5.41, 5.74) is 2.18.